The molecule has 0 bridgehead atoms. The molecule has 0 saturated heterocycles. The van der Waals surface area contributed by atoms with Crippen molar-refractivity contribution in [1.29, 1.82) is 0 Å². The lowest BCUT2D eigenvalue weighted by Gasteiger charge is -2.08. The third kappa shape index (κ3) is 4.79. The van der Waals surface area contributed by atoms with Gasteiger partial charge in [-0.2, -0.15) is 0 Å². The van der Waals surface area contributed by atoms with Gasteiger partial charge in [0.25, 0.3) is 0 Å². The molecule has 0 aliphatic heterocycles. The van der Waals surface area contributed by atoms with Crippen LogP contribution in [0, 0.1) is 5.92 Å². The summed E-state index contributed by atoms with van der Waals surface area (Å²) in [6.45, 7) is 8.41. The fraction of sp³-hybridized carbons (Fsp3) is 0.727. The van der Waals surface area contributed by atoms with Crippen LogP contribution in [0.25, 0.3) is 0 Å². The van der Waals surface area contributed by atoms with Gasteiger partial charge >= 0.3 is 0 Å². The number of carbonyl (C=O) groups is 1. The van der Waals surface area contributed by atoms with E-state index in [1.807, 2.05) is 0 Å². The van der Waals surface area contributed by atoms with Crippen LogP contribution in [0.2, 0.25) is 0 Å². The Labute approximate surface area is 95.1 Å². The number of ketones is 1. The molecular formula is C11H19IO. The highest BCUT2D eigenvalue weighted by atomic mass is 127. The second-order valence-electron chi connectivity index (χ2n) is 3.68. The number of unbranched alkanes of at least 4 members (excludes halogenated alkanes) is 1. The Balaban J connectivity index is 4.31. The van der Waals surface area contributed by atoms with Crippen LogP contribution in [0.4, 0.5) is 0 Å². The van der Waals surface area contributed by atoms with Gasteiger partial charge in [-0.05, 0) is 41.9 Å². The molecule has 0 unspecified atom stereocenters. The van der Waals surface area contributed by atoms with Crippen molar-refractivity contribution in [2.24, 2.45) is 5.92 Å². The van der Waals surface area contributed by atoms with Crippen molar-refractivity contribution < 1.29 is 4.79 Å². The van der Waals surface area contributed by atoms with Crippen LogP contribution in [-0.4, -0.2) is 5.78 Å². The Morgan fingerprint density at radius 2 is 1.92 bits per heavy atom. The first kappa shape index (κ1) is 13.1. The molecular weight excluding hydrogens is 275 g/mol. The van der Waals surface area contributed by atoms with Crippen molar-refractivity contribution in [3.63, 3.8) is 0 Å². The van der Waals surface area contributed by atoms with E-state index in [-0.39, 0.29) is 0 Å². The number of hydrogen-bond donors (Lipinski definition) is 0. The number of carbonyl (C=O) groups excluding carboxylic acids is 1. The maximum atomic E-state index is 11.6. The summed E-state index contributed by atoms with van der Waals surface area (Å²) < 4.78 is 0.945. The van der Waals surface area contributed by atoms with Crippen LogP contribution >= 0.6 is 22.6 Å². The highest BCUT2D eigenvalue weighted by Gasteiger charge is 2.10. The Hall–Kier alpha value is 0.140. The molecule has 0 aliphatic carbocycles. The third-order valence-electron chi connectivity index (χ3n) is 2.21. The van der Waals surface area contributed by atoms with E-state index in [4.69, 9.17) is 0 Å². The van der Waals surface area contributed by atoms with Gasteiger partial charge in [0.2, 0.25) is 0 Å². The van der Waals surface area contributed by atoms with Crippen molar-refractivity contribution in [2.75, 3.05) is 0 Å². The van der Waals surface area contributed by atoms with E-state index >= 15 is 0 Å². The van der Waals surface area contributed by atoms with Gasteiger partial charge in [0.1, 0.15) is 0 Å². The summed E-state index contributed by atoms with van der Waals surface area (Å²) in [5.41, 5.74) is 1.22. The molecule has 0 aromatic carbocycles. The standard InChI is InChI=1S/C11H19IO/c1-5-6-7-10(13)11(12)9(4)8(2)3/h8H,5-7H2,1-4H3/b11-9+. The van der Waals surface area contributed by atoms with Gasteiger partial charge < -0.3 is 0 Å². The SMILES string of the molecule is CCCCC(=O)/C(I)=C(/C)C(C)C. The van der Waals surface area contributed by atoms with E-state index in [0.29, 0.717) is 18.1 Å². The second kappa shape index (κ2) is 6.57. The second-order valence-corrected chi connectivity index (χ2v) is 4.76. The molecule has 2 heteroatoms. The zero-order chi connectivity index (χ0) is 10.4. The topological polar surface area (TPSA) is 17.1 Å². The number of rotatable bonds is 5. The molecule has 0 atom stereocenters. The summed E-state index contributed by atoms with van der Waals surface area (Å²) in [5, 5.41) is 0. The van der Waals surface area contributed by atoms with E-state index in [1.165, 1.54) is 5.57 Å². The monoisotopic (exact) mass is 294 g/mol. The highest BCUT2D eigenvalue weighted by Crippen LogP contribution is 2.22. The summed E-state index contributed by atoms with van der Waals surface area (Å²) in [6, 6.07) is 0. The summed E-state index contributed by atoms with van der Waals surface area (Å²) in [4.78, 5) is 11.6. The molecule has 0 aromatic heterocycles. The predicted molar refractivity (Wildman–Crippen MR) is 66.1 cm³/mol. The molecule has 0 N–H and O–H groups in total. The van der Waals surface area contributed by atoms with Crippen LogP contribution < -0.4 is 0 Å². The lowest BCUT2D eigenvalue weighted by Crippen LogP contribution is -2.02. The Kier molecular flexibility index (Phi) is 6.64. The summed E-state index contributed by atoms with van der Waals surface area (Å²) in [6.07, 6.45) is 2.81. The number of Topliss-reactive ketones (excluding diaryl/α,β-unsaturated/α-hetero) is 1. The Bertz CT molecular complexity index is 204. The summed E-state index contributed by atoms with van der Waals surface area (Å²) >= 11 is 2.18. The van der Waals surface area contributed by atoms with E-state index in [9.17, 15) is 4.79 Å². The fourth-order valence-electron chi connectivity index (χ4n) is 0.920. The van der Waals surface area contributed by atoms with Crippen molar-refractivity contribution in [3.05, 3.63) is 9.15 Å². The highest BCUT2D eigenvalue weighted by molar-refractivity contribution is 14.1. The first-order chi connectivity index (χ1) is 6.00. The van der Waals surface area contributed by atoms with Crippen molar-refractivity contribution in [1.82, 2.24) is 0 Å². The van der Waals surface area contributed by atoms with E-state index in [2.05, 4.69) is 50.3 Å². The Morgan fingerprint density at radius 3 is 2.31 bits per heavy atom. The largest absolute Gasteiger partial charge is 0.294 e. The molecule has 0 aliphatic rings. The molecule has 0 rings (SSSR count). The van der Waals surface area contributed by atoms with Crippen LogP contribution in [0.1, 0.15) is 47.0 Å². The predicted octanol–water partition coefficient (Wildman–Crippen LogP) is 4.11. The lowest BCUT2D eigenvalue weighted by atomic mass is 10.0. The van der Waals surface area contributed by atoms with Gasteiger partial charge in [0.15, 0.2) is 5.78 Å². The number of allylic oxidation sites excluding steroid dienone is 2. The molecule has 0 saturated carbocycles. The minimum Gasteiger partial charge on any atom is -0.294 e. The fourth-order valence-corrected chi connectivity index (χ4v) is 1.81. The number of hydrogen-bond acceptors (Lipinski definition) is 1. The van der Waals surface area contributed by atoms with Crippen LogP contribution in [0.3, 0.4) is 0 Å². The van der Waals surface area contributed by atoms with Crippen LogP contribution in [0.15, 0.2) is 9.15 Å². The zero-order valence-corrected chi connectivity index (χ0v) is 11.1. The first-order valence-electron chi connectivity index (χ1n) is 4.90. The smallest absolute Gasteiger partial charge is 0.168 e. The van der Waals surface area contributed by atoms with Gasteiger partial charge in [-0.25, -0.2) is 0 Å². The van der Waals surface area contributed by atoms with Gasteiger partial charge in [0, 0.05) is 6.42 Å². The molecule has 0 radical (unpaired) electrons. The first-order valence-corrected chi connectivity index (χ1v) is 5.98. The average Bonchev–Trinajstić information content (AvgIpc) is 2.11. The molecule has 1 nitrogen and oxygen atoms in total. The molecule has 13 heavy (non-hydrogen) atoms. The van der Waals surface area contributed by atoms with Crippen molar-refractivity contribution >= 4 is 28.4 Å². The minimum absolute atomic E-state index is 0.314. The molecule has 0 amide bonds. The quantitative estimate of drug-likeness (QED) is 0.551. The molecule has 0 spiro atoms. The third-order valence-corrected chi connectivity index (χ3v) is 3.67. The Morgan fingerprint density at radius 1 is 1.38 bits per heavy atom. The lowest BCUT2D eigenvalue weighted by molar-refractivity contribution is -0.114. The van der Waals surface area contributed by atoms with Crippen LogP contribution in [0.5, 0.6) is 0 Å². The maximum Gasteiger partial charge on any atom is 0.168 e. The normalized spacial score (nSPS) is 13.1. The molecule has 0 aromatic rings. The van der Waals surface area contributed by atoms with Gasteiger partial charge in [-0.3, -0.25) is 4.79 Å². The van der Waals surface area contributed by atoms with Gasteiger partial charge in [-0.1, -0.05) is 32.8 Å². The summed E-state index contributed by atoms with van der Waals surface area (Å²) in [7, 11) is 0. The van der Waals surface area contributed by atoms with Gasteiger partial charge in [-0.15, -0.1) is 0 Å². The number of halogens is 1. The zero-order valence-electron chi connectivity index (χ0n) is 8.98. The van der Waals surface area contributed by atoms with Crippen LogP contribution in [-0.2, 0) is 4.79 Å². The van der Waals surface area contributed by atoms with E-state index in [0.717, 1.165) is 16.4 Å². The molecule has 0 heterocycles. The molecule has 76 valence electrons. The molecule has 0 fully saturated rings. The minimum atomic E-state index is 0.314. The van der Waals surface area contributed by atoms with Crippen molar-refractivity contribution in [3.8, 4) is 0 Å². The van der Waals surface area contributed by atoms with Gasteiger partial charge in [0.05, 0.1) is 3.58 Å². The van der Waals surface area contributed by atoms with E-state index in [1.54, 1.807) is 0 Å². The van der Waals surface area contributed by atoms with Crippen molar-refractivity contribution in [2.45, 2.75) is 47.0 Å². The average molecular weight is 294 g/mol. The van der Waals surface area contributed by atoms with E-state index < -0.39 is 0 Å². The summed E-state index contributed by atoms with van der Waals surface area (Å²) in [5.74, 6) is 0.797. The maximum absolute atomic E-state index is 11.6.